The molecule has 2 saturated heterocycles. The van der Waals surface area contributed by atoms with Crippen molar-refractivity contribution in [2.24, 2.45) is 0 Å². The molecule has 1 aromatic carbocycles. The van der Waals surface area contributed by atoms with Crippen molar-refractivity contribution < 1.29 is 9.00 Å². The van der Waals surface area contributed by atoms with Crippen LogP contribution in [-0.2, 0) is 28.4 Å². The first-order valence-corrected chi connectivity index (χ1v) is 15.1. The fraction of sp³-hybridized carbons (Fsp3) is 0.500. The Kier molecular flexibility index (Phi) is 7.78. The van der Waals surface area contributed by atoms with Crippen LogP contribution in [0.25, 0.3) is 0 Å². The van der Waals surface area contributed by atoms with Gasteiger partial charge in [0.25, 0.3) is 0 Å². The number of hydrogen-bond donors (Lipinski definition) is 0. The predicted octanol–water partition coefficient (Wildman–Crippen LogP) is 3.66. The molecule has 2 fully saturated rings. The summed E-state index contributed by atoms with van der Waals surface area (Å²) >= 11 is 13.8. The van der Waals surface area contributed by atoms with Crippen molar-refractivity contribution in [3.8, 4) is 0 Å². The zero-order valence-corrected chi connectivity index (χ0v) is 23.6. The number of benzene rings is 1. The summed E-state index contributed by atoms with van der Waals surface area (Å²) in [7, 11) is -0.724. The summed E-state index contributed by atoms with van der Waals surface area (Å²) in [5, 5.41) is 0.731. The normalized spacial score (nSPS) is 22.2. The summed E-state index contributed by atoms with van der Waals surface area (Å²) in [6.07, 6.45) is 3.69. The average molecular weight is 631 g/mol. The minimum absolute atomic E-state index is 0.0310. The second-order valence-corrected chi connectivity index (χ2v) is 12.9. The quantitative estimate of drug-likeness (QED) is 0.519. The van der Waals surface area contributed by atoms with Crippen LogP contribution in [0.1, 0.15) is 28.4 Å². The van der Waals surface area contributed by atoms with E-state index in [9.17, 15) is 9.00 Å². The number of hydrogen-bond acceptors (Lipinski definition) is 5. The van der Waals surface area contributed by atoms with Crippen LogP contribution in [0.2, 0.25) is 5.02 Å². The second-order valence-electron chi connectivity index (χ2n) is 9.07. The van der Waals surface area contributed by atoms with Crippen LogP contribution >= 0.6 is 43.5 Å². The Balaban J connectivity index is 1.35. The Morgan fingerprint density at radius 2 is 1.82 bits per heavy atom. The maximum atomic E-state index is 13.0. The molecule has 182 valence electrons. The first-order chi connectivity index (χ1) is 16.4. The van der Waals surface area contributed by atoms with Gasteiger partial charge in [-0.1, -0.05) is 17.7 Å². The highest BCUT2D eigenvalue weighted by molar-refractivity contribution is 9.10. The van der Waals surface area contributed by atoms with Crippen molar-refractivity contribution >= 4 is 60.2 Å². The lowest BCUT2D eigenvalue weighted by Crippen LogP contribution is -2.53. The first-order valence-electron chi connectivity index (χ1n) is 11.6. The van der Waals surface area contributed by atoms with Crippen LogP contribution in [-0.4, -0.2) is 87.1 Å². The molecule has 2 aromatic rings. The standard InChI is InChI=1S/C24H27Br2ClN4O2S/c25-17-13-16-1-2-18-19(3-4-20(27)22(18)26)24(23(16)28-14-17)31-7-5-30(6-8-31)21(32)15-29-9-11-34(33)12-10-29/h3-4,13-14,24H,1-2,5-12,15H2. The largest absolute Gasteiger partial charge is 0.339 e. The van der Waals surface area contributed by atoms with E-state index in [4.69, 9.17) is 16.6 Å². The van der Waals surface area contributed by atoms with E-state index >= 15 is 0 Å². The number of pyridine rings is 1. The lowest BCUT2D eigenvalue weighted by Gasteiger charge is -2.40. The molecule has 0 spiro atoms. The van der Waals surface area contributed by atoms with Gasteiger partial charge in [-0.2, -0.15) is 0 Å². The van der Waals surface area contributed by atoms with E-state index < -0.39 is 10.8 Å². The fourth-order valence-electron chi connectivity index (χ4n) is 5.19. The molecule has 1 aliphatic carbocycles. The van der Waals surface area contributed by atoms with E-state index in [2.05, 4.69) is 53.8 Å². The van der Waals surface area contributed by atoms with Crippen molar-refractivity contribution in [2.75, 3.05) is 57.3 Å². The fourth-order valence-corrected chi connectivity index (χ4v) is 7.43. The summed E-state index contributed by atoms with van der Waals surface area (Å²) in [6.45, 7) is 4.89. The maximum absolute atomic E-state index is 13.0. The third-order valence-corrected chi connectivity index (χ3v) is 10.2. The Labute approximate surface area is 224 Å². The molecule has 0 saturated carbocycles. The number of piperazine rings is 1. The van der Waals surface area contributed by atoms with Crippen molar-refractivity contribution in [3.63, 3.8) is 0 Å². The molecule has 34 heavy (non-hydrogen) atoms. The van der Waals surface area contributed by atoms with E-state index in [1.54, 1.807) is 0 Å². The van der Waals surface area contributed by atoms with E-state index in [0.717, 1.165) is 58.7 Å². The van der Waals surface area contributed by atoms with Crippen molar-refractivity contribution in [1.82, 2.24) is 19.7 Å². The molecule has 3 aliphatic rings. The minimum atomic E-state index is -0.724. The smallest absolute Gasteiger partial charge is 0.236 e. The van der Waals surface area contributed by atoms with Crippen molar-refractivity contribution in [1.29, 1.82) is 0 Å². The molecule has 6 nitrogen and oxygen atoms in total. The number of carbonyl (C=O) groups is 1. The molecule has 3 heterocycles. The molecule has 10 heteroatoms. The van der Waals surface area contributed by atoms with Crippen LogP contribution in [0.4, 0.5) is 0 Å². The maximum Gasteiger partial charge on any atom is 0.236 e. The molecule has 1 amide bonds. The molecule has 0 N–H and O–H groups in total. The van der Waals surface area contributed by atoms with Crippen LogP contribution in [0.3, 0.4) is 0 Å². The number of fused-ring (bicyclic) bond motifs is 2. The van der Waals surface area contributed by atoms with Gasteiger partial charge in [-0.15, -0.1) is 0 Å². The van der Waals surface area contributed by atoms with Gasteiger partial charge in [0.1, 0.15) is 0 Å². The van der Waals surface area contributed by atoms with Crippen molar-refractivity contribution in [2.45, 2.75) is 18.9 Å². The molecule has 2 aliphatic heterocycles. The number of rotatable bonds is 3. The molecule has 0 radical (unpaired) electrons. The number of aryl methyl sites for hydroxylation is 1. The van der Waals surface area contributed by atoms with E-state index in [-0.39, 0.29) is 11.9 Å². The zero-order chi connectivity index (χ0) is 23.8. The number of aromatic nitrogens is 1. The predicted molar refractivity (Wildman–Crippen MR) is 143 cm³/mol. The lowest BCUT2D eigenvalue weighted by molar-refractivity contribution is -0.134. The van der Waals surface area contributed by atoms with Gasteiger partial charge in [-0.25, -0.2) is 0 Å². The van der Waals surface area contributed by atoms with E-state index in [1.807, 2.05) is 17.2 Å². The van der Waals surface area contributed by atoms with E-state index in [1.165, 1.54) is 16.7 Å². The number of nitrogens with zero attached hydrogens (tertiary/aromatic N) is 4. The highest BCUT2D eigenvalue weighted by atomic mass is 79.9. The molecular weight excluding hydrogens is 604 g/mol. The van der Waals surface area contributed by atoms with Crippen molar-refractivity contribution in [3.05, 3.63) is 60.7 Å². The summed E-state index contributed by atoms with van der Waals surface area (Å²) < 4.78 is 13.6. The van der Waals surface area contributed by atoms with Crippen LogP contribution in [0, 0.1) is 0 Å². The minimum Gasteiger partial charge on any atom is -0.339 e. The Morgan fingerprint density at radius 1 is 1.09 bits per heavy atom. The Hall–Kier alpha value is -0.840. The summed E-state index contributed by atoms with van der Waals surface area (Å²) in [5.74, 6) is 1.51. The lowest BCUT2D eigenvalue weighted by atomic mass is 9.96. The van der Waals surface area contributed by atoms with Gasteiger partial charge in [0, 0.05) is 76.7 Å². The molecule has 1 aromatic heterocycles. The van der Waals surface area contributed by atoms with Gasteiger partial charge in [-0.05, 0) is 73.5 Å². The van der Waals surface area contributed by atoms with Crippen LogP contribution in [0.5, 0.6) is 0 Å². The zero-order valence-electron chi connectivity index (χ0n) is 18.8. The summed E-state index contributed by atoms with van der Waals surface area (Å²) in [5.41, 5.74) is 4.83. The average Bonchev–Trinajstić information content (AvgIpc) is 3.00. The van der Waals surface area contributed by atoms with Crippen LogP contribution < -0.4 is 0 Å². The Morgan fingerprint density at radius 3 is 2.56 bits per heavy atom. The van der Waals surface area contributed by atoms with Crippen LogP contribution in [0.15, 0.2) is 33.3 Å². The molecule has 5 rings (SSSR count). The van der Waals surface area contributed by atoms with Gasteiger partial charge in [0.2, 0.25) is 5.91 Å². The van der Waals surface area contributed by atoms with Gasteiger partial charge < -0.3 is 4.90 Å². The Bertz CT molecular complexity index is 1120. The van der Waals surface area contributed by atoms with Gasteiger partial charge >= 0.3 is 0 Å². The topological polar surface area (TPSA) is 56.8 Å². The van der Waals surface area contributed by atoms with Gasteiger partial charge in [-0.3, -0.25) is 23.8 Å². The highest BCUT2D eigenvalue weighted by Gasteiger charge is 2.34. The SMILES string of the molecule is O=C(CN1CCS(=O)CC1)N1CCN(C2c3ccc(Cl)c(Br)c3CCc3cc(Br)cnc32)CC1. The number of carbonyl (C=O) groups excluding carboxylic acids is 1. The first kappa shape index (κ1) is 24.8. The number of amides is 1. The molecular formula is C24H27Br2ClN4O2S. The molecule has 0 bridgehead atoms. The summed E-state index contributed by atoms with van der Waals surface area (Å²) in [4.78, 5) is 24.4. The molecule has 1 unspecified atom stereocenters. The number of halogens is 3. The van der Waals surface area contributed by atoms with Gasteiger partial charge in [0.15, 0.2) is 0 Å². The third-order valence-electron chi connectivity index (χ3n) is 7.06. The summed E-state index contributed by atoms with van der Waals surface area (Å²) in [6, 6.07) is 6.32. The highest BCUT2D eigenvalue weighted by Crippen LogP contribution is 2.41. The second kappa shape index (κ2) is 10.6. The van der Waals surface area contributed by atoms with Gasteiger partial charge in [0.05, 0.1) is 23.3 Å². The van der Waals surface area contributed by atoms with E-state index in [0.29, 0.717) is 31.1 Å². The monoisotopic (exact) mass is 628 g/mol. The third kappa shape index (κ3) is 5.15. The molecule has 1 atom stereocenters.